The number of benzene rings is 1. The Balaban J connectivity index is 1.50. The van der Waals surface area contributed by atoms with E-state index in [4.69, 9.17) is 18.9 Å². The fraction of sp³-hybridized carbons (Fsp3) is 0.600. The number of carbonyl (C=O) groups is 2. The number of fused-ring (bicyclic) bond motifs is 1. The Labute approximate surface area is 212 Å². The molecular weight excluding hydrogens is 495 g/mol. The number of nitrogens with zero attached hydrogens (tertiary/aromatic N) is 2. The summed E-state index contributed by atoms with van der Waals surface area (Å²) in [6, 6.07) is 6.43. The van der Waals surface area contributed by atoms with E-state index in [9.17, 15) is 22.8 Å². The van der Waals surface area contributed by atoms with Crippen molar-refractivity contribution in [2.45, 2.75) is 51.2 Å². The molecule has 2 aliphatic heterocycles. The quantitative estimate of drug-likeness (QED) is 0.633. The number of hydrogen-bond acceptors (Lipinski definition) is 6. The highest BCUT2D eigenvalue weighted by atomic mass is 19.4. The van der Waals surface area contributed by atoms with Gasteiger partial charge in [-0.3, -0.25) is 4.79 Å². The average Bonchev–Trinajstić information content (AvgIpc) is 3.25. The fourth-order valence-corrected chi connectivity index (χ4v) is 4.28. The average molecular weight is 528 g/mol. The third kappa shape index (κ3) is 7.29. The number of aromatic amines is 1. The van der Waals surface area contributed by atoms with Crippen molar-refractivity contribution in [1.29, 1.82) is 0 Å². The smallest absolute Gasteiger partial charge is 0.410 e. The number of carbonyl (C=O) groups excluding carboxylic acids is 2. The van der Waals surface area contributed by atoms with Crippen molar-refractivity contribution in [3.8, 4) is 5.75 Å². The SMILES string of the molecule is CC(C)(C)OC(=O)N1CCOC(C(CC(F)(F)F)Oc2ccc3[nH]c(C(=O)N4CCOCC4)cc3c2)C1. The standard InChI is InChI=1S/C25H32F3N3O6/c1-24(2,3)37-23(33)31-8-11-35-21(15-31)20(14-25(26,27)28)36-17-4-5-18-16(12-17)13-19(29-18)22(32)30-6-9-34-10-7-30/h4-5,12-13,20-21,29H,6-11,14-15H2,1-3H3. The highest BCUT2D eigenvalue weighted by Gasteiger charge is 2.41. The van der Waals surface area contributed by atoms with E-state index in [1.54, 1.807) is 49.9 Å². The lowest BCUT2D eigenvalue weighted by Gasteiger charge is -2.37. The highest BCUT2D eigenvalue weighted by Crippen LogP contribution is 2.30. The summed E-state index contributed by atoms with van der Waals surface area (Å²) < 4.78 is 62.5. The maximum atomic E-state index is 13.5. The zero-order valence-electron chi connectivity index (χ0n) is 21.1. The molecule has 3 heterocycles. The second-order valence-electron chi connectivity index (χ2n) is 10.1. The van der Waals surface area contributed by atoms with Crippen LogP contribution < -0.4 is 4.74 Å². The molecule has 2 aliphatic rings. The van der Waals surface area contributed by atoms with Crippen molar-refractivity contribution < 1.29 is 41.7 Å². The minimum atomic E-state index is -4.52. The van der Waals surface area contributed by atoms with Gasteiger partial charge in [0.05, 0.1) is 32.8 Å². The molecule has 4 rings (SSSR count). The summed E-state index contributed by atoms with van der Waals surface area (Å²) >= 11 is 0. The second-order valence-corrected chi connectivity index (χ2v) is 10.1. The summed E-state index contributed by atoms with van der Waals surface area (Å²) in [5.74, 6) is 0.0267. The van der Waals surface area contributed by atoms with E-state index in [1.165, 1.54) is 4.90 Å². The van der Waals surface area contributed by atoms with E-state index in [-0.39, 0.29) is 31.4 Å². The number of ether oxygens (including phenoxy) is 4. The minimum absolute atomic E-state index is 0.0610. The van der Waals surface area contributed by atoms with Crippen molar-refractivity contribution in [3.05, 3.63) is 30.0 Å². The lowest BCUT2D eigenvalue weighted by Crippen LogP contribution is -2.53. The number of aromatic nitrogens is 1. The van der Waals surface area contributed by atoms with Gasteiger partial charge in [-0.05, 0) is 45.0 Å². The highest BCUT2D eigenvalue weighted by molar-refractivity contribution is 5.98. The van der Waals surface area contributed by atoms with Gasteiger partial charge in [0.25, 0.3) is 5.91 Å². The number of H-pyrrole nitrogens is 1. The number of hydrogen-bond donors (Lipinski definition) is 1. The Morgan fingerprint density at radius 1 is 1.08 bits per heavy atom. The first kappa shape index (κ1) is 27.1. The predicted molar refractivity (Wildman–Crippen MR) is 128 cm³/mol. The zero-order chi connectivity index (χ0) is 26.8. The van der Waals surface area contributed by atoms with Gasteiger partial charge in [0, 0.05) is 30.5 Å². The van der Waals surface area contributed by atoms with Crippen LogP contribution in [-0.4, -0.2) is 96.8 Å². The van der Waals surface area contributed by atoms with Crippen molar-refractivity contribution in [2.24, 2.45) is 0 Å². The molecule has 0 bridgehead atoms. The van der Waals surface area contributed by atoms with Gasteiger partial charge in [-0.2, -0.15) is 13.2 Å². The summed E-state index contributed by atoms with van der Waals surface area (Å²) in [4.78, 5) is 31.4. The van der Waals surface area contributed by atoms with E-state index >= 15 is 0 Å². The molecule has 2 amide bonds. The zero-order valence-corrected chi connectivity index (χ0v) is 21.1. The van der Waals surface area contributed by atoms with Crippen LogP contribution in [0.2, 0.25) is 0 Å². The molecule has 0 spiro atoms. The lowest BCUT2D eigenvalue weighted by atomic mass is 10.1. The van der Waals surface area contributed by atoms with Gasteiger partial charge in [0.1, 0.15) is 29.3 Å². The van der Waals surface area contributed by atoms with Crippen LogP contribution in [0.15, 0.2) is 24.3 Å². The first-order chi connectivity index (χ1) is 17.4. The lowest BCUT2D eigenvalue weighted by molar-refractivity contribution is -0.172. The third-order valence-electron chi connectivity index (χ3n) is 6.00. The van der Waals surface area contributed by atoms with Crippen LogP contribution in [0.4, 0.5) is 18.0 Å². The Bertz CT molecular complexity index is 1110. The summed E-state index contributed by atoms with van der Waals surface area (Å²) in [5, 5.41) is 0.625. The minimum Gasteiger partial charge on any atom is -0.487 e. The number of alkyl halides is 3. The van der Waals surface area contributed by atoms with Gasteiger partial charge in [0.2, 0.25) is 0 Å². The first-order valence-electron chi connectivity index (χ1n) is 12.2. The van der Waals surface area contributed by atoms with Gasteiger partial charge in [-0.15, -0.1) is 0 Å². The van der Waals surface area contributed by atoms with Gasteiger partial charge in [-0.25, -0.2) is 4.79 Å². The molecule has 2 saturated heterocycles. The number of morpholine rings is 2. The predicted octanol–water partition coefficient (Wildman–Crippen LogP) is 3.98. The van der Waals surface area contributed by atoms with E-state index < -0.39 is 36.5 Å². The molecule has 0 radical (unpaired) electrons. The normalized spacial score (nSPS) is 20.1. The van der Waals surface area contributed by atoms with Crippen LogP contribution in [0.25, 0.3) is 10.9 Å². The van der Waals surface area contributed by atoms with E-state index in [0.717, 1.165) is 0 Å². The Morgan fingerprint density at radius 3 is 2.46 bits per heavy atom. The molecule has 0 saturated carbocycles. The molecule has 12 heteroatoms. The summed E-state index contributed by atoms with van der Waals surface area (Å²) in [7, 11) is 0. The fourth-order valence-electron chi connectivity index (χ4n) is 4.28. The van der Waals surface area contributed by atoms with Crippen molar-refractivity contribution in [1.82, 2.24) is 14.8 Å². The molecule has 0 aliphatic carbocycles. The van der Waals surface area contributed by atoms with Crippen molar-refractivity contribution in [3.63, 3.8) is 0 Å². The van der Waals surface area contributed by atoms with Crippen LogP contribution in [0, 0.1) is 0 Å². The third-order valence-corrected chi connectivity index (χ3v) is 6.00. The molecule has 2 fully saturated rings. The molecule has 1 N–H and O–H groups in total. The molecule has 1 aromatic carbocycles. The maximum Gasteiger partial charge on any atom is 0.410 e. The van der Waals surface area contributed by atoms with Crippen LogP contribution in [0.3, 0.4) is 0 Å². The number of halogens is 3. The molecular formula is C25H32F3N3O6. The van der Waals surface area contributed by atoms with Gasteiger partial charge >= 0.3 is 12.3 Å². The molecule has 2 aromatic rings. The van der Waals surface area contributed by atoms with Crippen molar-refractivity contribution in [2.75, 3.05) is 46.0 Å². The maximum absolute atomic E-state index is 13.5. The second kappa shape index (κ2) is 10.8. The number of nitrogens with one attached hydrogen (secondary N) is 1. The number of amides is 2. The van der Waals surface area contributed by atoms with Crippen LogP contribution in [0.5, 0.6) is 5.75 Å². The monoisotopic (exact) mass is 527 g/mol. The topological polar surface area (TPSA) is 93.3 Å². The van der Waals surface area contributed by atoms with E-state index in [1.807, 2.05) is 0 Å². The van der Waals surface area contributed by atoms with Crippen LogP contribution in [-0.2, 0) is 14.2 Å². The van der Waals surface area contributed by atoms with E-state index in [2.05, 4.69) is 4.98 Å². The summed E-state index contributed by atoms with van der Waals surface area (Å²) in [6.45, 7) is 7.25. The molecule has 2 atom stereocenters. The molecule has 2 unspecified atom stereocenters. The Kier molecular flexibility index (Phi) is 7.88. The Morgan fingerprint density at radius 2 is 1.78 bits per heavy atom. The Hall–Kier alpha value is -2.99. The van der Waals surface area contributed by atoms with Gasteiger partial charge < -0.3 is 33.7 Å². The number of rotatable bonds is 5. The largest absolute Gasteiger partial charge is 0.487 e. The molecule has 9 nitrogen and oxygen atoms in total. The molecule has 204 valence electrons. The van der Waals surface area contributed by atoms with Crippen LogP contribution in [0.1, 0.15) is 37.7 Å². The summed E-state index contributed by atoms with van der Waals surface area (Å²) in [6.07, 6.45) is -8.79. The first-order valence-corrected chi connectivity index (χ1v) is 12.2. The van der Waals surface area contributed by atoms with Gasteiger partial charge in [0.15, 0.2) is 0 Å². The van der Waals surface area contributed by atoms with Gasteiger partial charge in [-0.1, -0.05) is 0 Å². The van der Waals surface area contributed by atoms with Crippen LogP contribution >= 0.6 is 0 Å². The van der Waals surface area contributed by atoms with Crippen molar-refractivity contribution >= 4 is 22.9 Å². The molecule has 37 heavy (non-hydrogen) atoms. The van der Waals surface area contributed by atoms with E-state index in [0.29, 0.717) is 42.9 Å². The molecule has 1 aromatic heterocycles. The summed E-state index contributed by atoms with van der Waals surface area (Å²) in [5.41, 5.74) is 0.298.